The van der Waals surface area contributed by atoms with Gasteiger partial charge in [-0.3, -0.25) is 0 Å². The monoisotopic (exact) mass is 328 g/mol. The Labute approximate surface area is 143 Å². The van der Waals surface area contributed by atoms with Crippen LogP contribution in [-0.4, -0.2) is 16.8 Å². The average Bonchev–Trinajstić information content (AvgIpc) is 2.45. The Bertz CT molecular complexity index is 694. The van der Waals surface area contributed by atoms with Crippen molar-refractivity contribution in [2.75, 3.05) is 5.75 Å². The number of benzene rings is 1. The van der Waals surface area contributed by atoms with Gasteiger partial charge in [0.1, 0.15) is 0 Å². The molecule has 1 aliphatic heterocycles. The van der Waals surface area contributed by atoms with E-state index in [4.69, 9.17) is 5.11 Å². The third-order valence-electron chi connectivity index (χ3n) is 4.21. The molecule has 0 aliphatic carbocycles. The lowest BCUT2D eigenvalue weighted by Gasteiger charge is -2.32. The van der Waals surface area contributed by atoms with Gasteiger partial charge in [0.05, 0.1) is 0 Å². The first-order valence-electron chi connectivity index (χ1n) is 7.83. The third-order valence-corrected chi connectivity index (χ3v) is 5.28. The highest BCUT2D eigenvalue weighted by Gasteiger charge is 2.27. The van der Waals surface area contributed by atoms with Crippen molar-refractivity contribution in [2.45, 2.75) is 44.4 Å². The molecule has 0 aromatic heterocycles. The lowest BCUT2D eigenvalue weighted by Crippen LogP contribution is -2.22. The fraction of sp³-hybridized carbons (Fsp3) is 0.350. The molecule has 0 fully saturated rings. The summed E-state index contributed by atoms with van der Waals surface area (Å²) >= 11 is 1.94. The smallest absolute Gasteiger partial charge is 0.328 e. The number of hydrogen-bond donors (Lipinski definition) is 1. The fourth-order valence-electron chi connectivity index (χ4n) is 2.66. The lowest BCUT2D eigenvalue weighted by atomic mass is 9.80. The quantitative estimate of drug-likeness (QED) is 0.590. The first-order chi connectivity index (χ1) is 10.8. The van der Waals surface area contributed by atoms with Crippen LogP contribution in [0.15, 0.2) is 53.0 Å². The summed E-state index contributed by atoms with van der Waals surface area (Å²) in [6, 6.07) is 6.71. The summed E-state index contributed by atoms with van der Waals surface area (Å²) in [6.45, 7) is 8.50. The number of aliphatic carboxylic acids is 1. The Morgan fingerprint density at radius 1 is 1.30 bits per heavy atom. The predicted molar refractivity (Wildman–Crippen MR) is 99.0 cm³/mol. The Balaban J connectivity index is 2.23. The van der Waals surface area contributed by atoms with Gasteiger partial charge in [0.15, 0.2) is 0 Å². The molecular formula is C20H24O2S. The second-order valence-electron chi connectivity index (χ2n) is 6.63. The zero-order valence-corrected chi connectivity index (χ0v) is 15.0. The van der Waals surface area contributed by atoms with E-state index in [1.165, 1.54) is 39.8 Å². The van der Waals surface area contributed by atoms with Crippen molar-refractivity contribution in [1.82, 2.24) is 0 Å². The molecule has 23 heavy (non-hydrogen) atoms. The molecule has 0 saturated carbocycles. The number of carboxylic acid groups (broad SMARTS) is 1. The summed E-state index contributed by atoms with van der Waals surface area (Å²) in [5.41, 5.74) is 4.80. The third kappa shape index (κ3) is 4.61. The number of rotatable bonds is 4. The Hall–Kier alpha value is -1.74. The topological polar surface area (TPSA) is 37.3 Å². The number of carbonyl (C=O) groups is 1. The highest BCUT2D eigenvalue weighted by Crippen LogP contribution is 2.42. The zero-order chi connectivity index (χ0) is 17.0. The predicted octanol–water partition coefficient (Wildman–Crippen LogP) is 5.45. The van der Waals surface area contributed by atoms with Crippen molar-refractivity contribution in [3.8, 4) is 0 Å². The zero-order valence-electron chi connectivity index (χ0n) is 14.2. The van der Waals surface area contributed by atoms with Crippen molar-refractivity contribution in [2.24, 2.45) is 0 Å². The van der Waals surface area contributed by atoms with Gasteiger partial charge >= 0.3 is 5.97 Å². The second-order valence-corrected chi connectivity index (χ2v) is 7.77. The van der Waals surface area contributed by atoms with Gasteiger partial charge in [-0.05, 0) is 65.8 Å². The number of thioether (sulfide) groups is 1. The maximum atomic E-state index is 10.6. The van der Waals surface area contributed by atoms with Crippen molar-refractivity contribution in [3.63, 3.8) is 0 Å². The maximum Gasteiger partial charge on any atom is 0.328 e. The van der Waals surface area contributed by atoms with Gasteiger partial charge in [-0.15, -0.1) is 11.8 Å². The summed E-state index contributed by atoms with van der Waals surface area (Å²) in [5, 5.41) is 8.70. The fourth-order valence-corrected chi connectivity index (χ4v) is 4.15. The molecule has 122 valence electrons. The normalized spacial score (nSPS) is 18.1. The first-order valence-corrected chi connectivity index (χ1v) is 8.82. The summed E-state index contributed by atoms with van der Waals surface area (Å²) in [4.78, 5) is 12.0. The van der Waals surface area contributed by atoms with E-state index in [2.05, 4.69) is 39.0 Å². The van der Waals surface area contributed by atoms with Crippen LogP contribution in [0.4, 0.5) is 0 Å². The van der Waals surface area contributed by atoms with Gasteiger partial charge in [-0.2, -0.15) is 0 Å². The SMILES string of the molecule is CC(=C/C(=O)O)/C=C/C=C(\C)c1ccc2c(c1)C(C)(C)CCS2. The summed E-state index contributed by atoms with van der Waals surface area (Å²) < 4.78 is 0. The van der Waals surface area contributed by atoms with Crippen LogP contribution in [0.2, 0.25) is 0 Å². The van der Waals surface area contributed by atoms with Gasteiger partial charge in [-0.1, -0.05) is 38.1 Å². The molecular weight excluding hydrogens is 304 g/mol. The van der Waals surface area contributed by atoms with Crippen LogP contribution in [0.5, 0.6) is 0 Å². The van der Waals surface area contributed by atoms with Crippen LogP contribution in [0.1, 0.15) is 45.2 Å². The van der Waals surface area contributed by atoms with Crippen LogP contribution >= 0.6 is 11.8 Å². The molecule has 0 saturated heterocycles. The molecule has 1 N–H and O–H groups in total. The standard InChI is InChI=1S/C20H24O2S/c1-14(12-19(21)22)6-5-7-15(2)16-8-9-18-17(13-16)20(3,4)10-11-23-18/h5-9,12-13H,10-11H2,1-4H3,(H,21,22)/b6-5+,14-12-,15-7+. The molecule has 2 nitrogen and oxygen atoms in total. The van der Waals surface area contributed by atoms with Gasteiger partial charge in [0.25, 0.3) is 0 Å². The Morgan fingerprint density at radius 3 is 2.74 bits per heavy atom. The number of fused-ring (bicyclic) bond motifs is 1. The van der Waals surface area contributed by atoms with Crippen LogP contribution < -0.4 is 0 Å². The molecule has 1 heterocycles. The van der Waals surface area contributed by atoms with E-state index < -0.39 is 5.97 Å². The molecule has 1 aromatic rings. The molecule has 0 unspecified atom stereocenters. The first kappa shape index (κ1) is 17.6. The van der Waals surface area contributed by atoms with Crippen molar-refractivity contribution in [3.05, 3.63) is 59.2 Å². The number of allylic oxidation sites excluding steroid dienone is 5. The van der Waals surface area contributed by atoms with Gasteiger partial charge < -0.3 is 5.11 Å². The molecule has 3 heteroatoms. The highest BCUT2D eigenvalue weighted by molar-refractivity contribution is 7.99. The summed E-state index contributed by atoms with van der Waals surface area (Å²) in [7, 11) is 0. The molecule has 1 aliphatic rings. The van der Waals surface area contributed by atoms with Crippen LogP contribution in [0.25, 0.3) is 5.57 Å². The Kier molecular flexibility index (Phi) is 5.53. The second kappa shape index (κ2) is 7.22. The van der Waals surface area contributed by atoms with E-state index in [-0.39, 0.29) is 5.41 Å². The largest absolute Gasteiger partial charge is 0.478 e. The van der Waals surface area contributed by atoms with Crippen LogP contribution in [-0.2, 0) is 10.2 Å². The van der Waals surface area contributed by atoms with Crippen molar-refractivity contribution in [1.29, 1.82) is 0 Å². The molecule has 0 amide bonds. The minimum absolute atomic E-state index is 0.230. The summed E-state index contributed by atoms with van der Waals surface area (Å²) in [5.74, 6) is 0.272. The molecule has 2 rings (SSSR count). The molecule has 0 spiro atoms. The van der Waals surface area contributed by atoms with E-state index in [0.29, 0.717) is 0 Å². The summed E-state index contributed by atoms with van der Waals surface area (Å²) in [6.07, 6.45) is 8.16. The molecule has 1 aromatic carbocycles. The van der Waals surface area contributed by atoms with E-state index in [9.17, 15) is 4.79 Å². The van der Waals surface area contributed by atoms with E-state index in [1.54, 1.807) is 6.92 Å². The lowest BCUT2D eigenvalue weighted by molar-refractivity contribution is -0.131. The van der Waals surface area contributed by atoms with Crippen LogP contribution in [0, 0.1) is 0 Å². The van der Waals surface area contributed by atoms with Gasteiger partial charge in [-0.25, -0.2) is 4.79 Å². The minimum atomic E-state index is -0.915. The minimum Gasteiger partial charge on any atom is -0.478 e. The number of hydrogen-bond acceptors (Lipinski definition) is 2. The molecule has 0 bridgehead atoms. The van der Waals surface area contributed by atoms with E-state index in [0.717, 1.165) is 5.57 Å². The van der Waals surface area contributed by atoms with E-state index >= 15 is 0 Å². The van der Waals surface area contributed by atoms with Crippen molar-refractivity contribution >= 4 is 23.3 Å². The molecule has 0 radical (unpaired) electrons. The van der Waals surface area contributed by atoms with E-state index in [1.807, 2.05) is 30.0 Å². The highest BCUT2D eigenvalue weighted by atomic mass is 32.2. The van der Waals surface area contributed by atoms with Crippen molar-refractivity contribution < 1.29 is 9.90 Å². The number of carboxylic acids is 1. The maximum absolute atomic E-state index is 10.6. The van der Waals surface area contributed by atoms with Gasteiger partial charge in [0, 0.05) is 11.0 Å². The Morgan fingerprint density at radius 2 is 2.04 bits per heavy atom. The van der Waals surface area contributed by atoms with Gasteiger partial charge in [0.2, 0.25) is 0 Å². The molecule has 0 atom stereocenters. The average molecular weight is 328 g/mol. The van der Waals surface area contributed by atoms with Crippen LogP contribution in [0.3, 0.4) is 0 Å².